The molecule has 152 valence electrons. The van der Waals surface area contributed by atoms with Crippen LogP contribution in [0.5, 0.6) is 0 Å². The number of nitrogens with zero attached hydrogens (tertiary/aromatic N) is 3. The third-order valence-corrected chi connectivity index (χ3v) is 6.09. The molecule has 2 aromatic carbocycles. The highest BCUT2D eigenvalue weighted by Gasteiger charge is 2.28. The van der Waals surface area contributed by atoms with E-state index in [0.717, 1.165) is 47.9 Å². The summed E-state index contributed by atoms with van der Waals surface area (Å²) in [6.45, 7) is 5.01. The third-order valence-electron chi connectivity index (χ3n) is 5.86. The molecule has 0 radical (unpaired) electrons. The molecule has 2 aromatic rings. The predicted octanol–water partition coefficient (Wildman–Crippen LogP) is 3.67. The molecule has 2 heterocycles. The Balaban J connectivity index is 1.42. The summed E-state index contributed by atoms with van der Waals surface area (Å²) >= 11 is 6.16. The zero-order valence-electron chi connectivity index (χ0n) is 16.7. The van der Waals surface area contributed by atoms with Crippen molar-refractivity contribution in [1.29, 1.82) is 0 Å². The lowest BCUT2D eigenvalue weighted by Crippen LogP contribution is -2.52. The number of amides is 2. The molecule has 0 aromatic heterocycles. The zero-order chi connectivity index (χ0) is 20.4. The molecule has 0 aliphatic carbocycles. The summed E-state index contributed by atoms with van der Waals surface area (Å²) < 4.78 is 0. The molecule has 0 saturated carbocycles. The lowest BCUT2D eigenvalue weighted by Gasteiger charge is -2.37. The second-order valence-electron chi connectivity index (χ2n) is 7.76. The molecule has 5 nitrogen and oxygen atoms in total. The number of rotatable bonds is 3. The Morgan fingerprint density at radius 3 is 2.55 bits per heavy atom. The van der Waals surface area contributed by atoms with E-state index in [4.69, 9.17) is 11.6 Å². The Hall–Kier alpha value is -2.53. The zero-order valence-corrected chi connectivity index (χ0v) is 17.5. The summed E-state index contributed by atoms with van der Waals surface area (Å²) in [5.74, 6) is 0.0500. The molecule has 29 heavy (non-hydrogen) atoms. The van der Waals surface area contributed by atoms with E-state index in [0.29, 0.717) is 19.5 Å². The molecular formula is C23H26ClN3O2. The number of anilines is 2. The van der Waals surface area contributed by atoms with Crippen LogP contribution in [-0.2, 0) is 16.0 Å². The van der Waals surface area contributed by atoms with E-state index in [9.17, 15) is 9.59 Å². The van der Waals surface area contributed by atoms with Gasteiger partial charge in [0.2, 0.25) is 11.8 Å². The molecule has 2 amide bonds. The minimum atomic E-state index is 0.0116. The van der Waals surface area contributed by atoms with Crippen molar-refractivity contribution in [1.82, 2.24) is 4.90 Å². The van der Waals surface area contributed by atoms with E-state index < -0.39 is 0 Å². The van der Waals surface area contributed by atoms with Crippen LogP contribution in [0.1, 0.15) is 24.0 Å². The Labute approximate surface area is 176 Å². The number of fused-ring (bicyclic) bond motifs is 1. The quantitative estimate of drug-likeness (QED) is 0.774. The standard InChI is InChI=1S/C23H26ClN3O2/c1-17-9-10-19(24)15-21(17)25-11-13-26(14-12-25)23(29)16-27-20-7-3-2-5-18(20)6-4-8-22(27)28/h2-3,5,7,9-10,15H,4,6,8,11-14,16H2,1H3. The summed E-state index contributed by atoms with van der Waals surface area (Å²) in [4.78, 5) is 31.5. The molecule has 6 heteroatoms. The van der Waals surface area contributed by atoms with Gasteiger partial charge in [0, 0.05) is 49.0 Å². The highest BCUT2D eigenvalue weighted by Crippen LogP contribution is 2.28. The first-order valence-electron chi connectivity index (χ1n) is 10.2. The number of hydrogen-bond donors (Lipinski definition) is 0. The molecule has 1 fully saturated rings. The van der Waals surface area contributed by atoms with E-state index in [-0.39, 0.29) is 18.4 Å². The molecule has 2 aliphatic rings. The van der Waals surface area contributed by atoms with Gasteiger partial charge in [-0.05, 0) is 49.1 Å². The molecular weight excluding hydrogens is 386 g/mol. The number of hydrogen-bond acceptors (Lipinski definition) is 3. The average Bonchev–Trinajstić information content (AvgIpc) is 2.89. The SMILES string of the molecule is Cc1ccc(Cl)cc1N1CCN(C(=O)CN2C(=O)CCCc3ccccc32)CC1. The van der Waals surface area contributed by atoms with Crippen molar-refractivity contribution < 1.29 is 9.59 Å². The van der Waals surface area contributed by atoms with Crippen molar-refractivity contribution in [3.63, 3.8) is 0 Å². The molecule has 0 N–H and O–H groups in total. The van der Waals surface area contributed by atoms with E-state index in [1.807, 2.05) is 41.3 Å². The van der Waals surface area contributed by atoms with Crippen LogP contribution in [0.2, 0.25) is 5.02 Å². The largest absolute Gasteiger partial charge is 0.368 e. The summed E-state index contributed by atoms with van der Waals surface area (Å²) in [7, 11) is 0. The molecule has 2 aliphatic heterocycles. The maximum Gasteiger partial charge on any atom is 0.242 e. The van der Waals surface area contributed by atoms with Gasteiger partial charge in [0.15, 0.2) is 0 Å². The van der Waals surface area contributed by atoms with Gasteiger partial charge in [0.25, 0.3) is 0 Å². The van der Waals surface area contributed by atoms with Crippen LogP contribution in [0.15, 0.2) is 42.5 Å². The Morgan fingerprint density at radius 1 is 1.00 bits per heavy atom. The van der Waals surface area contributed by atoms with Crippen molar-refractivity contribution in [2.24, 2.45) is 0 Å². The molecule has 0 unspecified atom stereocenters. The second kappa shape index (κ2) is 8.46. The monoisotopic (exact) mass is 411 g/mol. The fourth-order valence-electron chi connectivity index (χ4n) is 4.21. The average molecular weight is 412 g/mol. The fourth-order valence-corrected chi connectivity index (χ4v) is 4.38. The topological polar surface area (TPSA) is 43.9 Å². The van der Waals surface area contributed by atoms with Gasteiger partial charge in [0.1, 0.15) is 6.54 Å². The molecule has 4 rings (SSSR count). The summed E-state index contributed by atoms with van der Waals surface area (Å²) in [6.07, 6.45) is 2.20. The molecule has 1 saturated heterocycles. The number of benzene rings is 2. The molecule has 0 bridgehead atoms. The van der Waals surface area contributed by atoms with E-state index >= 15 is 0 Å². The smallest absolute Gasteiger partial charge is 0.242 e. The van der Waals surface area contributed by atoms with Crippen LogP contribution in [0, 0.1) is 6.92 Å². The lowest BCUT2D eigenvalue weighted by molar-refractivity contribution is -0.131. The summed E-state index contributed by atoms with van der Waals surface area (Å²) in [5, 5.41) is 0.724. The van der Waals surface area contributed by atoms with Crippen LogP contribution in [0.25, 0.3) is 0 Å². The van der Waals surface area contributed by atoms with Gasteiger partial charge in [-0.25, -0.2) is 0 Å². The minimum Gasteiger partial charge on any atom is -0.368 e. The fraction of sp³-hybridized carbons (Fsp3) is 0.391. The predicted molar refractivity (Wildman–Crippen MR) is 117 cm³/mol. The Kier molecular flexibility index (Phi) is 5.76. The highest BCUT2D eigenvalue weighted by atomic mass is 35.5. The van der Waals surface area contributed by atoms with Crippen molar-refractivity contribution in [2.45, 2.75) is 26.2 Å². The highest BCUT2D eigenvalue weighted by molar-refractivity contribution is 6.30. The second-order valence-corrected chi connectivity index (χ2v) is 8.20. The van der Waals surface area contributed by atoms with E-state index in [1.165, 1.54) is 5.56 Å². The number of halogens is 1. The Bertz CT molecular complexity index is 922. The van der Waals surface area contributed by atoms with Crippen LogP contribution < -0.4 is 9.80 Å². The van der Waals surface area contributed by atoms with Crippen LogP contribution >= 0.6 is 11.6 Å². The number of para-hydroxylation sites is 1. The van der Waals surface area contributed by atoms with Gasteiger partial charge < -0.3 is 14.7 Å². The van der Waals surface area contributed by atoms with Gasteiger partial charge in [-0.15, -0.1) is 0 Å². The number of carbonyl (C=O) groups is 2. The van der Waals surface area contributed by atoms with Gasteiger partial charge in [-0.2, -0.15) is 0 Å². The van der Waals surface area contributed by atoms with Crippen molar-refractivity contribution in [3.05, 3.63) is 58.6 Å². The van der Waals surface area contributed by atoms with Gasteiger partial charge >= 0.3 is 0 Å². The van der Waals surface area contributed by atoms with Crippen LogP contribution in [0.4, 0.5) is 11.4 Å². The minimum absolute atomic E-state index is 0.0116. The van der Waals surface area contributed by atoms with Gasteiger partial charge in [0.05, 0.1) is 0 Å². The Morgan fingerprint density at radius 2 is 1.76 bits per heavy atom. The van der Waals surface area contributed by atoms with E-state index in [1.54, 1.807) is 4.90 Å². The molecule has 0 spiro atoms. The third kappa shape index (κ3) is 4.25. The summed E-state index contributed by atoms with van der Waals surface area (Å²) in [5.41, 5.74) is 4.34. The lowest BCUT2D eigenvalue weighted by atomic mass is 10.1. The van der Waals surface area contributed by atoms with Crippen LogP contribution in [0.3, 0.4) is 0 Å². The number of piperazine rings is 1. The van der Waals surface area contributed by atoms with Crippen molar-refractivity contribution in [2.75, 3.05) is 42.5 Å². The normalized spacial score (nSPS) is 17.2. The first-order valence-corrected chi connectivity index (χ1v) is 10.6. The summed E-state index contributed by atoms with van der Waals surface area (Å²) in [6, 6.07) is 13.8. The van der Waals surface area contributed by atoms with Crippen molar-refractivity contribution >= 4 is 34.8 Å². The van der Waals surface area contributed by atoms with Gasteiger partial charge in [-0.1, -0.05) is 35.9 Å². The first-order chi connectivity index (χ1) is 14.0. The van der Waals surface area contributed by atoms with Crippen molar-refractivity contribution in [3.8, 4) is 0 Å². The van der Waals surface area contributed by atoms with Crippen LogP contribution in [-0.4, -0.2) is 49.4 Å². The maximum absolute atomic E-state index is 13.0. The number of carbonyl (C=O) groups excluding carboxylic acids is 2. The van der Waals surface area contributed by atoms with Gasteiger partial charge in [-0.3, -0.25) is 9.59 Å². The molecule has 0 atom stereocenters. The van der Waals surface area contributed by atoms with E-state index in [2.05, 4.69) is 17.9 Å². The first kappa shape index (κ1) is 19.8. The maximum atomic E-state index is 13.0. The number of aryl methyl sites for hydroxylation is 2.